The van der Waals surface area contributed by atoms with Crippen molar-refractivity contribution in [3.05, 3.63) is 88.9 Å². The second kappa shape index (κ2) is 9.76. The molecule has 2 aromatic carbocycles. The van der Waals surface area contributed by atoms with Gasteiger partial charge in [0.15, 0.2) is 16.4 Å². The van der Waals surface area contributed by atoms with E-state index in [-0.39, 0.29) is 0 Å². The van der Waals surface area contributed by atoms with Crippen molar-refractivity contribution >= 4 is 12.2 Å². The van der Waals surface area contributed by atoms with Crippen molar-refractivity contribution in [1.29, 1.82) is 0 Å². The standard InChI is InChI=1S/C24H26N4O2S/c1-3-29-21-13-11-20(12-14-21)16-26(2)18-28-24(31)27(17-19-8-5-4-6-9-19)23(25-28)22-10-7-15-30-22/h4-15H,3,16-18H2,1-2H3. The smallest absolute Gasteiger partial charge is 0.199 e. The van der Waals surface area contributed by atoms with Crippen LogP contribution in [0.5, 0.6) is 5.75 Å². The van der Waals surface area contributed by atoms with Gasteiger partial charge in [0.1, 0.15) is 5.75 Å². The minimum atomic E-state index is 0.571. The summed E-state index contributed by atoms with van der Waals surface area (Å²) in [4.78, 5) is 2.18. The van der Waals surface area contributed by atoms with Crippen LogP contribution in [0.25, 0.3) is 11.6 Å². The molecule has 2 aromatic heterocycles. The zero-order valence-corrected chi connectivity index (χ0v) is 18.6. The molecule has 6 nitrogen and oxygen atoms in total. The molecule has 0 radical (unpaired) electrons. The molecule has 0 unspecified atom stereocenters. The van der Waals surface area contributed by atoms with Crippen LogP contribution in [0.3, 0.4) is 0 Å². The first-order valence-corrected chi connectivity index (χ1v) is 10.7. The fourth-order valence-corrected chi connectivity index (χ4v) is 3.73. The summed E-state index contributed by atoms with van der Waals surface area (Å²) in [6, 6.07) is 22.2. The van der Waals surface area contributed by atoms with E-state index in [1.807, 2.05) is 58.6 Å². The fourth-order valence-electron chi connectivity index (χ4n) is 3.48. The molecule has 160 valence electrons. The van der Waals surface area contributed by atoms with Crippen LogP contribution < -0.4 is 4.74 Å². The summed E-state index contributed by atoms with van der Waals surface area (Å²) in [5, 5.41) is 4.79. The summed E-state index contributed by atoms with van der Waals surface area (Å²) in [5.74, 6) is 2.32. The Morgan fingerprint density at radius 3 is 2.45 bits per heavy atom. The minimum Gasteiger partial charge on any atom is -0.494 e. The van der Waals surface area contributed by atoms with E-state index in [4.69, 9.17) is 26.5 Å². The molecule has 0 fully saturated rings. The van der Waals surface area contributed by atoms with Gasteiger partial charge in [0, 0.05) is 6.54 Å². The molecule has 0 atom stereocenters. The number of rotatable bonds is 9. The van der Waals surface area contributed by atoms with Crippen LogP contribution >= 0.6 is 12.2 Å². The number of ether oxygens (including phenoxy) is 1. The highest BCUT2D eigenvalue weighted by Gasteiger charge is 2.16. The van der Waals surface area contributed by atoms with E-state index in [0.29, 0.717) is 30.4 Å². The number of aromatic nitrogens is 3. The maximum absolute atomic E-state index is 5.79. The lowest BCUT2D eigenvalue weighted by molar-refractivity contribution is 0.243. The van der Waals surface area contributed by atoms with Gasteiger partial charge in [0.25, 0.3) is 0 Å². The number of nitrogens with zero attached hydrogens (tertiary/aromatic N) is 4. The summed E-state index contributed by atoms with van der Waals surface area (Å²) < 4.78 is 15.7. The Hall–Kier alpha value is -3.16. The molecule has 0 bridgehead atoms. The van der Waals surface area contributed by atoms with Gasteiger partial charge in [-0.2, -0.15) is 0 Å². The Morgan fingerprint density at radius 2 is 1.77 bits per heavy atom. The van der Waals surface area contributed by atoms with Gasteiger partial charge in [-0.05, 0) is 61.6 Å². The van der Waals surface area contributed by atoms with Gasteiger partial charge in [-0.1, -0.05) is 42.5 Å². The highest BCUT2D eigenvalue weighted by molar-refractivity contribution is 7.71. The summed E-state index contributed by atoms with van der Waals surface area (Å²) in [6.07, 6.45) is 1.66. The van der Waals surface area contributed by atoms with E-state index in [2.05, 4.69) is 36.2 Å². The third-order valence-electron chi connectivity index (χ3n) is 4.91. The molecule has 0 aliphatic rings. The molecule has 0 amide bonds. The molecule has 31 heavy (non-hydrogen) atoms. The van der Waals surface area contributed by atoms with Crippen molar-refractivity contribution in [3.8, 4) is 17.3 Å². The van der Waals surface area contributed by atoms with Crippen LogP contribution in [0.2, 0.25) is 0 Å². The van der Waals surface area contributed by atoms with E-state index in [9.17, 15) is 0 Å². The van der Waals surface area contributed by atoms with Crippen LogP contribution in [0.4, 0.5) is 0 Å². The normalized spacial score (nSPS) is 11.2. The molecule has 7 heteroatoms. The number of hydrogen-bond acceptors (Lipinski definition) is 5. The molecule has 0 saturated heterocycles. The first-order valence-electron chi connectivity index (χ1n) is 10.3. The largest absolute Gasteiger partial charge is 0.494 e. The van der Waals surface area contributed by atoms with Crippen molar-refractivity contribution in [1.82, 2.24) is 19.2 Å². The predicted molar refractivity (Wildman–Crippen MR) is 123 cm³/mol. The highest BCUT2D eigenvalue weighted by atomic mass is 32.1. The Kier molecular flexibility index (Phi) is 6.64. The summed E-state index contributed by atoms with van der Waals surface area (Å²) in [5.41, 5.74) is 2.36. The molecule has 4 aromatic rings. The molecule has 0 aliphatic carbocycles. The third-order valence-corrected chi connectivity index (χ3v) is 5.34. The Morgan fingerprint density at radius 1 is 1.00 bits per heavy atom. The molecule has 2 heterocycles. The Bertz CT molecular complexity index is 1150. The quantitative estimate of drug-likeness (QED) is 0.339. The lowest BCUT2D eigenvalue weighted by atomic mass is 10.2. The number of benzene rings is 2. The molecule has 4 rings (SSSR count). The lowest BCUT2D eigenvalue weighted by Crippen LogP contribution is -2.22. The minimum absolute atomic E-state index is 0.571. The van der Waals surface area contributed by atoms with Gasteiger partial charge >= 0.3 is 0 Å². The zero-order valence-electron chi connectivity index (χ0n) is 17.8. The van der Waals surface area contributed by atoms with Gasteiger partial charge in [-0.3, -0.25) is 9.47 Å². The van der Waals surface area contributed by atoms with Crippen molar-refractivity contribution in [2.45, 2.75) is 26.7 Å². The molecular weight excluding hydrogens is 408 g/mol. The van der Waals surface area contributed by atoms with Gasteiger partial charge in [0.05, 0.1) is 26.1 Å². The fraction of sp³-hybridized carbons (Fsp3) is 0.250. The molecule has 0 saturated carbocycles. The maximum Gasteiger partial charge on any atom is 0.199 e. The SMILES string of the molecule is CCOc1ccc(CN(C)Cn2nc(-c3ccco3)n(Cc3ccccc3)c2=S)cc1. The average molecular weight is 435 g/mol. The predicted octanol–water partition coefficient (Wildman–Crippen LogP) is 5.21. The van der Waals surface area contributed by atoms with Gasteiger partial charge in [-0.25, -0.2) is 4.68 Å². The van der Waals surface area contributed by atoms with Gasteiger partial charge in [-0.15, -0.1) is 5.10 Å². The van der Waals surface area contributed by atoms with E-state index in [0.717, 1.165) is 23.7 Å². The van der Waals surface area contributed by atoms with Crippen LogP contribution in [-0.2, 0) is 19.8 Å². The number of hydrogen-bond donors (Lipinski definition) is 0. The molecule has 0 N–H and O–H groups in total. The van der Waals surface area contributed by atoms with Crippen molar-refractivity contribution in [2.24, 2.45) is 0 Å². The van der Waals surface area contributed by atoms with Crippen molar-refractivity contribution in [2.75, 3.05) is 13.7 Å². The van der Waals surface area contributed by atoms with Crippen LogP contribution in [0.15, 0.2) is 77.4 Å². The monoisotopic (exact) mass is 434 g/mol. The van der Waals surface area contributed by atoms with Crippen molar-refractivity contribution in [3.63, 3.8) is 0 Å². The van der Waals surface area contributed by atoms with Gasteiger partial charge in [0.2, 0.25) is 0 Å². The van der Waals surface area contributed by atoms with E-state index in [1.54, 1.807) is 6.26 Å². The summed E-state index contributed by atoms with van der Waals surface area (Å²) in [7, 11) is 2.06. The number of furan rings is 1. The highest BCUT2D eigenvalue weighted by Crippen LogP contribution is 2.21. The Labute approximate surface area is 187 Å². The van der Waals surface area contributed by atoms with Crippen LogP contribution in [0, 0.1) is 4.77 Å². The first-order chi connectivity index (χ1) is 15.1. The molecule has 0 spiro atoms. The molecular formula is C24H26N4O2S. The third kappa shape index (κ3) is 5.13. The molecule has 0 aliphatic heterocycles. The van der Waals surface area contributed by atoms with E-state index < -0.39 is 0 Å². The summed E-state index contributed by atoms with van der Waals surface area (Å²) >= 11 is 5.79. The average Bonchev–Trinajstić information content (AvgIpc) is 3.40. The van der Waals surface area contributed by atoms with Gasteiger partial charge < -0.3 is 9.15 Å². The maximum atomic E-state index is 5.79. The van der Waals surface area contributed by atoms with E-state index >= 15 is 0 Å². The van der Waals surface area contributed by atoms with Crippen LogP contribution in [-0.4, -0.2) is 32.9 Å². The second-order valence-electron chi connectivity index (χ2n) is 7.39. The topological polar surface area (TPSA) is 48.4 Å². The van der Waals surface area contributed by atoms with Crippen LogP contribution in [0.1, 0.15) is 18.1 Å². The van der Waals surface area contributed by atoms with Crippen molar-refractivity contribution < 1.29 is 9.15 Å². The first kappa shape index (κ1) is 21.1. The second-order valence-corrected chi connectivity index (χ2v) is 7.75. The van der Waals surface area contributed by atoms with E-state index in [1.165, 1.54) is 5.56 Å². The Balaban J connectivity index is 1.55. The zero-order chi connectivity index (χ0) is 21.6. The summed E-state index contributed by atoms with van der Waals surface area (Å²) in [6.45, 7) is 4.63. The lowest BCUT2D eigenvalue weighted by Gasteiger charge is -2.16.